The van der Waals surface area contributed by atoms with Crippen LogP contribution in [0.2, 0.25) is 0 Å². The summed E-state index contributed by atoms with van der Waals surface area (Å²) in [5.41, 5.74) is 6.46. The van der Waals surface area contributed by atoms with Gasteiger partial charge in [-0.15, -0.1) is 0 Å². The standard InChI is InChI=1S/C11H11FN4O/c12-8-3-1-2-7(4-8)5-14-11(17)9-6-15-16-10(9)13/h1-4,6H,5H2,(H,14,17)(H3,13,15,16). The molecule has 0 radical (unpaired) electrons. The van der Waals surface area contributed by atoms with E-state index in [1.807, 2.05) is 0 Å². The zero-order chi connectivity index (χ0) is 12.3. The van der Waals surface area contributed by atoms with Crippen molar-refractivity contribution >= 4 is 11.7 Å². The third kappa shape index (κ3) is 2.60. The maximum absolute atomic E-state index is 12.9. The summed E-state index contributed by atoms with van der Waals surface area (Å²) >= 11 is 0. The normalized spacial score (nSPS) is 10.2. The molecule has 0 spiro atoms. The molecule has 0 fully saturated rings. The number of hydrogen-bond acceptors (Lipinski definition) is 3. The Labute approximate surface area is 96.8 Å². The third-order valence-electron chi connectivity index (χ3n) is 2.26. The summed E-state index contributed by atoms with van der Waals surface area (Å²) in [4.78, 5) is 11.6. The highest BCUT2D eigenvalue weighted by Gasteiger charge is 2.10. The first kappa shape index (κ1) is 11.1. The summed E-state index contributed by atoms with van der Waals surface area (Å²) in [6.45, 7) is 0.237. The number of benzene rings is 1. The van der Waals surface area contributed by atoms with Crippen molar-refractivity contribution in [2.24, 2.45) is 0 Å². The van der Waals surface area contributed by atoms with Gasteiger partial charge in [0.05, 0.1) is 6.20 Å². The van der Waals surface area contributed by atoms with Crippen LogP contribution in [-0.4, -0.2) is 16.1 Å². The summed E-state index contributed by atoms with van der Waals surface area (Å²) in [6, 6.07) is 6.02. The second-order valence-electron chi connectivity index (χ2n) is 3.51. The van der Waals surface area contributed by atoms with E-state index in [1.54, 1.807) is 12.1 Å². The molecule has 6 heteroatoms. The van der Waals surface area contributed by atoms with E-state index in [0.717, 1.165) is 0 Å². The van der Waals surface area contributed by atoms with Crippen LogP contribution in [-0.2, 0) is 6.54 Å². The number of amides is 1. The molecule has 1 aromatic heterocycles. The Bertz CT molecular complexity index is 538. The van der Waals surface area contributed by atoms with Crippen LogP contribution in [0.25, 0.3) is 0 Å². The van der Waals surface area contributed by atoms with Crippen molar-refractivity contribution in [3.05, 3.63) is 47.4 Å². The zero-order valence-electron chi connectivity index (χ0n) is 8.90. The van der Waals surface area contributed by atoms with Gasteiger partial charge in [0.1, 0.15) is 17.2 Å². The Morgan fingerprint density at radius 3 is 3.00 bits per heavy atom. The van der Waals surface area contributed by atoms with Gasteiger partial charge in [0.25, 0.3) is 5.91 Å². The Kier molecular flexibility index (Phi) is 3.04. The highest BCUT2D eigenvalue weighted by atomic mass is 19.1. The molecule has 88 valence electrons. The molecule has 0 aliphatic carbocycles. The number of aromatic nitrogens is 2. The number of carbonyl (C=O) groups excluding carboxylic acids is 1. The van der Waals surface area contributed by atoms with Gasteiger partial charge in [-0.1, -0.05) is 12.1 Å². The molecule has 17 heavy (non-hydrogen) atoms. The lowest BCUT2D eigenvalue weighted by Gasteiger charge is -2.04. The fraction of sp³-hybridized carbons (Fsp3) is 0.0909. The second-order valence-corrected chi connectivity index (χ2v) is 3.51. The van der Waals surface area contributed by atoms with E-state index in [4.69, 9.17) is 5.73 Å². The van der Waals surface area contributed by atoms with Crippen LogP contribution in [0.15, 0.2) is 30.5 Å². The third-order valence-corrected chi connectivity index (χ3v) is 2.26. The number of nitrogens with one attached hydrogen (secondary N) is 2. The molecule has 0 aliphatic heterocycles. The van der Waals surface area contributed by atoms with Gasteiger partial charge in [-0.05, 0) is 17.7 Å². The summed E-state index contributed by atoms with van der Waals surface area (Å²) < 4.78 is 12.9. The summed E-state index contributed by atoms with van der Waals surface area (Å²) in [7, 11) is 0. The van der Waals surface area contributed by atoms with Crippen LogP contribution in [0.4, 0.5) is 10.2 Å². The molecule has 0 unspecified atom stereocenters. The number of nitrogens with zero attached hydrogens (tertiary/aromatic N) is 1. The van der Waals surface area contributed by atoms with Crippen LogP contribution >= 0.6 is 0 Å². The molecule has 0 saturated carbocycles. The van der Waals surface area contributed by atoms with E-state index in [-0.39, 0.29) is 29.7 Å². The molecule has 0 atom stereocenters. The van der Waals surface area contributed by atoms with Crippen molar-refractivity contribution in [1.82, 2.24) is 15.5 Å². The van der Waals surface area contributed by atoms with Crippen molar-refractivity contribution < 1.29 is 9.18 Å². The Hall–Kier alpha value is -2.37. The van der Waals surface area contributed by atoms with Gasteiger partial charge in [0.2, 0.25) is 0 Å². The van der Waals surface area contributed by atoms with E-state index in [1.165, 1.54) is 18.3 Å². The maximum Gasteiger partial charge on any atom is 0.256 e. The monoisotopic (exact) mass is 234 g/mol. The van der Waals surface area contributed by atoms with Gasteiger partial charge in [-0.2, -0.15) is 5.10 Å². The van der Waals surface area contributed by atoms with Crippen LogP contribution in [0.3, 0.4) is 0 Å². The van der Waals surface area contributed by atoms with Crippen molar-refractivity contribution in [3.63, 3.8) is 0 Å². The van der Waals surface area contributed by atoms with Crippen LogP contribution in [0.1, 0.15) is 15.9 Å². The Morgan fingerprint density at radius 1 is 1.53 bits per heavy atom. The molecule has 0 aliphatic rings. The van der Waals surface area contributed by atoms with E-state index in [2.05, 4.69) is 15.5 Å². The molecule has 0 saturated heterocycles. The topological polar surface area (TPSA) is 83.8 Å². The summed E-state index contributed by atoms with van der Waals surface area (Å²) in [5, 5.41) is 8.73. The molecular weight excluding hydrogens is 223 g/mol. The van der Waals surface area contributed by atoms with Crippen molar-refractivity contribution in [2.45, 2.75) is 6.54 Å². The summed E-state index contributed by atoms with van der Waals surface area (Å²) in [6.07, 6.45) is 1.34. The quantitative estimate of drug-likeness (QED) is 0.742. The fourth-order valence-corrected chi connectivity index (χ4v) is 1.40. The minimum Gasteiger partial charge on any atom is -0.383 e. The van der Waals surface area contributed by atoms with Gasteiger partial charge in [-0.3, -0.25) is 9.89 Å². The minimum atomic E-state index is -0.347. The number of rotatable bonds is 3. The Balaban J connectivity index is 1.99. The van der Waals surface area contributed by atoms with Crippen LogP contribution in [0.5, 0.6) is 0 Å². The van der Waals surface area contributed by atoms with Gasteiger partial charge in [-0.25, -0.2) is 4.39 Å². The molecule has 5 nitrogen and oxygen atoms in total. The van der Waals surface area contributed by atoms with E-state index in [9.17, 15) is 9.18 Å². The van der Waals surface area contributed by atoms with Gasteiger partial charge < -0.3 is 11.1 Å². The SMILES string of the molecule is Nc1[nH]ncc1C(=O)NCc1cccc(F)c1. The van der Waals surface area contributed by atoms with Crippen LogP contribution < -0.4 is 11.1 Å². The number of H-pyrrole nitrogens is 1. The molecule has 2 rings (SSSR count). The number of anilines is 1. The lowest BCUT2D eigenvalue weighted by atomic mass is 10.2. The predicted molar refractivity (Wildman–Crippen MR) is 60.6 cm³/mol. The first-order chi connectivity index (χ1) is 8.16. The first-order valence-corrected chi connectivity index (χ1v) is 4.98. The van der Waals surface area contributed by atoms with Gasteiger partial charge >= 0.3 is 0 Å². The number of halogens is 1. The lowest BCUT2D eigenvalue weighted by molar-refractivity contribution is 0.0952. The lowest BCUT2D eigenvalue weighted by Crippen LogP contribution is -2.23. The average Bonchev–Trinajstić information content (AvgIpc) is 2.72. The van der Waals surface area contributed by atoms with Crippen molar-refractivity contribution in [3.8, 4) is 0 Å². The molecule has 4 N–H and O–H groups in total. The molecule has 2 aromatic rings. The second kappa shape index (κ2) is 4.65. The minimum absolute atomic E-state index is 0.210. The number of aromatic amines is 1. The number of carbonyl (C=O) groups is 1. The molecule has 1 heterocycles. The summed E-state index contributed by atoms with van der Waals surface area (Å²) in [5.74, 6) is -0.471. The van der Waals surface area contributed by atoms with Gasteiger partial charge in [0, 0.05) is 6.54 Å². The highest BCUT2D eigenvalue weighted by Crippen LogP contribution is 2.07. The number of hydrogen-bond donors (Lipinski definition) is 3. The molecular formula is C11H11FN4O. The average molecular weight is 234 g/mol. The van der Waals surface area contributed by atoms with E-state index in [0.29, 0.717) is 5.56 Å². The predicted octanol–water partition coefficient (Wildman–Crippen LogP) is 1.06. The largest absolute Gasteiger partial charge is 0.383 e. The maximum atomic E-state index is 12.9. The molecule has 0 bridgehead atoms. The van der Waals surface area contributed by atoms with Gasteiger partial charge in [0.15, 0.2) is 0 Å². The zero-order valence-corrected chi connectivity index (χ0v) is 8.90. The Morgan fingerprint density at radius 2 is 2.35 bits per heavy atom. The highest BCUT2D eigenvalue weighted by molar-refractivity contribution is 5.97. The number of nitrogen functional groups attached to an aromatic ring is 1. The van der Waals surface area contributed by atoms with Crippen molar-refractivity contribution in [2.75, 3.05) is 5.73 Å². The van der Waals surface area contributed by atoms with Crippen molar-refractivity contribution in [1.29, 1.82) is 0 Å². The van der Waals surface area contributed by atoms with Crippen LogP contribution in [0, 0.1) is 5.82 Å². The number of nitrogens with two attached hydrogens (primary N) is 1. The molecule has 1 amide bonds. The van der Waals surface area contributed by atoms with E-state index >= 15 is 0 Å². The fourth-order valence-electron chi connectivity index (χ4n) is 1.40. The molecule has 1 aromatic carbocycles. The van der Waals surface area contributed by atoms with E-state index < -0.39 is 0 Å². The first-order valence-electron chi connectivity index (χ1n) is 4.98. The smallest absolute Gasteiger partial charge is 0.256 e.